The summed E-state index contributed by atoms with van der Waals surface area (Å²) in [4.78, 5) is 20.2. The topological polar surface area (TPSA) is 82.5 Å². The molecule has 1 amide bonds. The van der Waals surface area contributed by atoms with Gasteiger partial charge in [-0.15, -0.1) is 11.3 Å². The highest BCUT2D eigenvalue weighted by molar-refractivity contribution is 7.17. The summed E-state index contributed by atoms with van der Waals surface area (Å²) in [5.74, 6) is -0.0788. The third-order valence-corrected chi connectivity index (χ3v) is 5.38. The van der Waals surface area contributed by atoms with Gasteiger partial charge in [0.05, 0.1) is 25.1 Å². The van der Waals surface area contributed by atoms with Gasteiger partial charge >= 0.3 is 0 Å². The van der Waals surface area contributed by atoms with E-state index in [2.05, 4.69) is 36.5 Å². The number of primary amides is 1. The molecule has 2 heterocycles. The van der Waals surface area contributed by atoms with E-state index in [1.165, 1.54) is 4.70 Å². The summed E-state index contributed by atoms with van der Waals surface area (Å²) in [5, 5.41) is 3.14. The first-order valence-corrected chi connectivity index (χ1v) is 9.95. The van der Waals surface area contributed by atoms with Gasteiger partial charge in [0.2, 0.25) is 11.8 Å². The molecule has 7 heteroatoms. The van der Waals surface area contributed by atoms with Crippen LogP contribution in [0.1, 0.15) is 43.3 Å². The molecule has 0 spiro atoms. The average molecular weight is 397 g/mol. The van der Waals surface area contributed by atoms with E-state index in [1.54, 1.807) is 17.7 Å². The Kier molecular flexibility index (Phi) is 5.94. The minimum Gasteiger partial charge on any atom is -0.476 e. The van der Waals surface area contributed by atoms with Gasteiger partial charge in [-0.2, -0.15) is 0 Å². The van der Waals surface area contributed by atoms with Crippen LogP contribution >= 0.6 is 11.3 Å². The molecule has 1 aromatic carbocycles. The van der Waals surface area contributed by atoms with Crippen LogP contribution in [0, 0.1) is 6.92 Å². The largest absolute Gasteiger partial charge is 0.476 e. The average Bonchev–Trinajstić information content (AvgIpc) is 3.24. The number of ether oxygens (including phenoxy) is 1. The van der Waals surface area contributed by atoms with E-state index < -0.39 is 5.91 Å². The predicted molar refractivity (Wildman–Crippen MR) is 115 cm³/mol. The SMILES string of the molecule is C=C(N=C(OCCC(N)=O)c1ncn(C(C)C)c1C)c1csc2ccccc12. The summed E-state index contributed by atoms with van der Waals surface area (Å²) in [6.45, 7) is 10.4. The lowest BCUT2D eigenvalue weighted by molar-refractivity contribution is -0.118. The highest BCUT2D eigenvalue weighted by atomic mass is 32.1. The fourth-order valence-electron chi connectivity index (χ4n) is 2.94. The number of benzene rings is 1. The Bertz CT molecular complexity index is 1050. The zero-order chi connectivity index (χ0) is 20.3. The zero-order valence-electron chi connectivity index (χ0n) is 16.3. The minimum atomic E-state index is -0.425. The third kappa shape index (κ3) is 4.14. The molecule has 0 aliphatic rings. The number of carbonyl (C=O) groups excluding carboxylic acids is 1. The maximum Gasteiger partial charge on any atom is 0.242 e. The first-order valence-electron chi connectivity index (χ1n) is 9.07. The van der Waals surface area contributed by atoms with Crippen LogP contribution in [0.3, 0.4) is 0 Å². The van der Waals surface area contributed by atoms with E-state index in [9.17, 15) is 4.79 Å². The van der Waals surface area contributed by atoms with E-state index in [1.807, 2.05) is 35.1 Å². The molecule has 6 nitrogen and oxygen atoms in total. The van der Waals surface area contributed by atoms with Crippen LogP contribution in [-0.2, 0) is 9.53 Å². The van der Waals surface area contributed by atoms with Gasteiger partial charge in [-0.1, -0.05) is 24.8 Å². The fraction of sp³-hybridized carbons (Fsp3) is 0.286. The second-order valence-electron chi connectivity index (χ2n) is 6.75. The monoisotopic (exact) mass is 396 g/mol. The Labute approximate surface area is 168 Å². The van der Waals surface area contributed by atoms with E-state index in [0.29, 0.717) is 17.3 Å². The standard InChI is InChI=1S/C21H24N4O2S/c1-13(2)25-12-23-20(15(25)4)21(27-10-9-19(22)26)24-14(3)17-11-28-18-8-6-5-7-16(17)18/h5-8,11-13H,3,9-10H2,1-2,4H3,(H2,22,26). The van der Waals surface area contributed by atoms with E-state index in [4.69, 9.17) is 10.5 Å². The van der Waals surface area contributed by atoms with Gasteiger partial charge in [-0.25, -0.2) is 9.98 Å². The number of thiophene rings is 1. The lowest BCUT2D eigenvalue weighted by atomic mass is 10.1. The molecule has 0 fully saturated rings. The highest BCUT2D eigenvalue weighted by Gasteiger charge is 2.18. The smallest absolute Gasteiger partial charge is 0.242 e. The summed E-state index contributed by atoms with van der Waals surface area (Å²) in [5.41, 5.74) is 8.36. The van der Waals surface area contributed by atoms with Crippen LogP contribution in [0.15, 0.2) is 47.5 Å². The lowest BCUT2D eigenvalue weighted by Crippen LogP contribution is -2.17. The molecule has 0 bridgehead atoms. The minimum absolute atomic E-state index is 0.108. The molecule has 28 heavy (non-hydrogen) atoms. The van der Waals surface area contributed by atoms with Crippen molar-refractivity contribution in [2.24, 2.45) is 10.7 Å². The van der Waals surface area contributed by atoms with Crippen molar-refractivity contribution < 1.29 is 9.53 Å². The van der Waals surface area contributed by atoms with Crippen molar-refractivity contribution in [2.45, 2.75) is 33.2 Å². The van der Waals surface area contributed by atoms with Gasteiger partial charge in [0.25, 0.3) is 0 Å². The number of nitrogens with zero attached hydrogens (tertiary/aromatic N) is 3. The summed E-state index contributed by atoms with van der Waals surface area (Å²) < 4.78 is 9.03. The van der Waals surface area contributed by atoms with Crippen molar-refractivity contribution in [1.29, 1.82) is 0 Å². The number of amides is 1. The number of imidazole rings is 1. The number of aliphatic imine (C=N–C) groups is 1. The Morgan fingerprint density at radius 3 is 2.82 bits per heavy atom. The number of aromatic nitrogens is 2. The molecule has 146 valence electrons. The molecule has 2 aromatic heterocycles. The summed E-state index contributed by atoms with van der Waals surface area (Å²) in [6.07, 6.45) is 1.88. The van der Waals surface area contributed by atoms with Gasteiger partial charge in [-0.05, 0) is 26.8 Å². The number of carbonyl (C=O) groups is 1. The van der Waals surface area contributed by atoms with Gasteiger partial charge in [0, 0.05) is 32.8 Å². The normalized spacial score (nSPS) is 11.9. The molecule has 0 atom stereocenters. The summed E-state index contributed by atoms with van der Waals surface area (Å²) in [6, 6.07) is 8.38. The molecule has 3 aromatic rings. The molecular formula is C21H24N4O2S. The van der Waals surface area contributed by atoms with Crippen LogP contribution in [-0.4, -0.2) is 28.0 Å². The van der Waals surface area contributed by atoms with Gasteiger partial charge in [-0.3, -0.25) is 4.79 Å². The maximum atomic E-state index is 11.1. The second kappa shape index (κ2) is 8.39. The molecule has 0 aliphatic heterocycles. The van der Waals surface area contributed by atoms with Crippen molar-refractivity contribution in [2.75, 3.05) is 6.61 Å². The lowest BCUT2D eigenvalue weighted by Gasteiger charge is -2.12. The van der Waals surface area contributed by atoms with Gasteiger partial charge in [0.1, 0.15) is 5.69 Å². The molecule has 0 saturated heterocycles. The highest BCUT2D eigenvalue weighted by Crippen LogP contribution is 2.31. The van der Waals surface area contributed by atoms with E-state index >= 15 is 0 Å². The van der Waals surface area contributed by atoms with Crippen molar-refractivity contribution in [3.63, 3.8) is 0 Å². The van der Waals surface area contributed by atoms with Crippen molar-refractivity contribution in [3.8, 4) is 0 Å². The number of hydrogen-bond donors (Lipinski definition) is 1. The van der Waals surface area contributed by atoms with E-state index in [-0.39, 0.29) is 19.1 Å². The van der Waals surface area contributed by atoms with Crippen molar-refractivity contribution in [1.82, 2.24) is 9.55 Å². The second-order valence-corrected chi connectivity index (χ2v) is 7.66. The summed E-state index contributed by atoms with van der Waals surface area (Å²) in [7, 11) is 0. The molecule has 3 rings (SSSR count). The Balaban J connectivity index is 1.98. The van der Waals surface area contributed by atoms with E-state index in [0.717, 1.165) is 16.6 Å². The van der Waals surface area contributed by atoms with Crippen LogP contribution in [0.4, 0.5) is 0 Å². The van der Waals surface area contributed by atoms with Crippen LogP contribution < -0.4 is 5.73 Å². The van der Waals surface area contributed by atoms with Crippen molar-refractivity contribution in [3.05, 3.63) is 59.5 Å². The Morgan fingerprint density at radius 1 is 1.39 bits per heavy atom. The number of hydrogen-bond acceptors (Lipinski definition) is 5. The molecule has 0 unspecified atom stereocenters. The molecule has 0 saturated carbocycles. The number of nitrogens with two attached hydrogens (primary N) is 1. The third-order valence-electron chi connectivity index (χ3n) is 4.42. The van der Waals surface area contributed by atoms with Crippen molar-refractivity contribution >= 4 is 38.9 Å². The molecule has 2 N–H and O–H groups in total. The van der Waals surface area contributed by atoms with Crippen LogP contribution in [0.5, 0.6) is 0 Å². The predicted octanol–water partition coefficient (Wildman–Crippen LogP) is 4.30. The molecule has 0 aliphatic carbocycles. The number of fused-ring (bicyclic) bond motifs is 1. The molecular weight excluding hydrogens is 372 g/mol. The summed E-state index contributed by atoms with van der Waals surface area (Å²) >= 11 is 1.65. The zero-order valence-corrected chi connectivity index (χ0v) is 17.1. The molecule has 0 radical (unpaired) electrons. The fourth-order valence-corrected chi connectivity index (χ4v) is 3.91. The Morgan fingerprint density at radius 2 is 2.14 bits per heavy atom. The maximum absolute atomic E-state index is 11.1. The van der Waals surface area contributed by atoms with Gasteiger partial charge < -0.3 is 15.0 Å². The van der Waals surface area contributed by atoms with Gasteiger partial charge in [0.15, 0.2) is 0 Å². The Hall–Kier alpha value is -2.93. The van der Waals surface area contributed by atoms with Crippen LogP contribution in [0.2, 0.25) is 0 Å². The first kappa shape index (κ1) is 19.8. The van der Waals surface area contributed by atoms with Crippen LogP contribution in [0.25, 0.3) is 15.8 Å². The first-order chi connectivity index (χ1) is 13.4. The quantitative estimate of drug-likeness (QED) is 0.477. The number of rotatable bonds is 7.